The van der Waals surface area contributed by atoms with Gasteiger partial charge in [0.2, 0.25) is 0 Å². The quantitative estimate of drug-likeness (QED) is 0.219. The van der Waals surface area contributed by atoms with Crippen molar-refractivity contribution in [3.63, 3.8) is 0 Å². The van der Waals surface area contributed by atoms with Gasteiger partial charge in [0.1, 0.15) is 5.75 Å². The third-order valence-electron chi connectivity index (χ3n) is 3.24. The van der Waals surface area contributed by atoms with E-state index in [1.165, 1.54) is 6.21 Å². The van der Waals surface area contributed by atoms with E-state index in [-0.39, 0.29) is 10.9 Å². The van der Waals surface area contributed by atoms with Crippen molar-refractivity contribution in [2.24, 2.45) is 10.8 Å². The van der Waals surface area contributed by atoms with Gasteiger partial charge in [-0.3, -0.25) is 5.43 Å². The second-order valence-electron chi connectivity index (χ2n) is 5.12. The zero-order valence-corrected chi connectivity index (χ0v) is 17.1. The second kappa shape index (κ2) is 9.89. The Labute approximate surface area is 170 Å². The molecular weight excluding hydrogens is 434 g/mol. The SMILES string of the molecule is CCOc1cc(/C=N/NC(N)=S)cc(Br)c1OC(=O)c1ccc(OC)cc1. The van der Waals surface area contributed by atoms with Gasteiger partial charge in [0.15, 0.2) is 16.6 Å². The molecule has 0 heterocycles. The molecule has 0 unspecified atom stereocenters. The van der Waals surface area contributed by atoms with Gasteiger partial charge < -0.3 is 19.9 Å². The molecule has 0 radical (unpaired) electrons. The monoisotopic (exact) mass is 451 g/mol. The Bertz CT molecular complexity index is 856. The zero-order chi connectivity index (χ0) is 19.8. The Kier molecular flexibility index (Phi) is 7.56. The third-order valence-corrected chi connectivity index (χ3v) is 3.92. The van der Waals surface area contributed by atoms with Crippen molar-refractivity contribution < 1.29 is 19.0 Å². The minimum absolute atomic E-state index is 0.0559. The summed E-state index contributed by atoms with van der Waals surface area (Å²) in [5, 5.41) is 3.96. The Balaban J connectivity index is 2.27. The van der Waals surface area contributed by atoms with Crippen LogP contribution < -0.4 is 25.4 Å². The van der Waals surface area contributed by atoms with Gasteiger partial charge >= 0.3 is 5.97 Å². The number of nitrogens with two attached hydrogens (primary N) is 1. The van der Waals surface area contributed by atoms with E-state index >= 15 is 0 Å². The average Bonchev–Trinajstić information content (AvgIpc) is 2.64. The molecule has 0 saturated carbocycles. The fourth-order valence-corrected chi connectivity index (χ4v) is 2.67. The van der Waals surface area contributed by atoms with Gasteiger partial charge in [-0.05, 0) is 77.0 Å². The van der Waals surface area contributed by atoms with Gasteiger partial charge in [0, 0.05) is 0 Å². The predicted octanol–water partition coefficient (Wildman–Crippen LogP) is 3.24. The summed E-state index contributed by atoms with van der Waals surface area (Å²) in [6.45, 7) is 2.23. The lowest BCUT2D eigenvalue weighted by molar-refractivity contribution is 0.0727. The molecule has 0 saturated heterocycles. The molecule has 0 bridgehead atoms. The van der Waals surface area contributed by atoms with Crippen LogP contribution in [-0.4, -0.2) is 31.0 Å². The van der Waals surface area contributed by atoms with E-state index in [4.69, 9.17) is 19.9 Å². The van der Waals surface area contributed by atoms with E-state index in [0.29, 0.717) is 33.7 Å². The van der Waals surface area contributed by atoms with Crippen LogP contribution in [0.5, 0.6) is 17.2 Å². The van der Waals surface area contributed by atoms with Crippen LogP contribution in [0.3, 0.4) is 0 Å². The van der Waals surface area contributed by atoms with Crippen LogP contribution >= 0.6 is 28.1 Å². The van der Waals surface area contributed by atoms with Crippen molar-refractivity contribution in [3.8, 4) is 17.2 Å². The van der Waals surface area contributed by atoms with Crippen LogP contribution in [0.25, 0.3) is 0 Å². The van der Waals surface area contributed by atoms with Crippen LogP contribution in [0.4, 0.5) is 0 Å². The summed E-state index contributed by atoms with van der Waals surface area (Å²) in [6, 6.07) is 10.0. The number of halogens is 1. The maximum absolute atomic E-state index is 12.5. The van der Waals surface area contributed by atoms with Gasteiger partial charge in [0.25, 0.3) is 0 Å². The van der Waals surface area contributed by atoms with Gasteiger partial charge in [-0.25, -0.2) is 4.79 Å². The molecular formula is C18H18BrN3O4S. The molecule has 2 rings (SSSR count). The largest absolute Gasteiger partial charge is 0.497 e. The molecule has 0 aliphatic carbocycles. The zero-order valence-electron chi connectivity index (χ0n) is 14.7. The highest BCUT2D eigenvalue weighted by atomic mass is 79.9. The summed E-state index contributed by atoms with van der Waals surface area (Å²) < 4.78 is 16.8. The molecule has 0 fully saturated rings. The first-order valence-corrected chi connectivity index (χ1v) is 9.05. The Morgan fingerprint density at radius 2 is 2.04 bits per heavy atom. The molecule has 0 aliphatic heterocycles. The van der Waals surface area contributed by atoms with Gasteiger partial charge in [-0.15, -0.1) is 0 Å². The van der Waals surface area contributed by atoms with Gasteiger partial charge in [0.05, 0.1) is 30.0 Å². The third kappa shape index (κ3) is 5.93. The molecule has 0 atom stereocenters. The highest BCUT2D eigenvalue weighted by Gasteiger charge is 2.17. The first-order valence-electron chi connectivity index (χ1n) is 7.85. The van der Waals surface area contributed by atoms with Crippen molar-refractivity contribution in [2.75, 3.05) is 13.7 Å². The molecule has 7 nitrogen and oxygen atoms in total. The smallest absolute Gasteiger partial charge is 0.343 e. The molecule has 27 heavy (non-hydrogen) atoms. The number of carbonyl (C=O) groups excluding carboxylic acids is 1. The number of carbonyl (C=O) groups is 1. The van der Waals surface area contributed by atoms with E-state index in [9.17, 15) is 4.79 Å². The van der Waals surface area contributed by atoms with Crippen LogP contribution in [0.1, 0.15) is 22.8 Å². The lowest BCUT2D eigenvalue weighted by Gasteiger charge is -2.13. The number of ether oxygens (including phenoxy) is 3. The van der Waals surface area contributed by atoms with E-state index in [1.807, 2.05) is 6.92 Å². The number of hydrazone groups is 1. The summed E-state index contributed by atoms with van der Waals surface area (Å²) in [7, 11) is 1.56. The van der Waals surface area contributed by atoms with Crippen LogP contribution in [0, 0.1) is 0 Å². The Hall–Kier alpha value is -2.65. The van der Waals surface area contributed by atoms with Crippen LogP contribution in [0.15, 0.2) is 46.0 Å². The number of rotatable bonds is 7. The highest BCUT2D eigenvalue weighted by Crippen LogP contribution is 2.37. The lowest BCUT2D eigenvalue weighted by Crippen LogP contribution is -2.24. The van der Waals surface area contributed by atoms with E-state index < -0.39 is 5.97 Å². The molecule has 0 aliphatic rings. The molecule has 3 N–H and O–H groups in total. The topological polar surface area (TPSA) is 95.2 Å². The molecule has 9 heteroatoms. The average molecular weight is 452 g/mol. The predicted molar refractivity (Wildman–Crippen MR) is 111 cm³/mol. The van der Waals surface area contributed by atoms with Crippen molar-refractivity contribution in [2.45, 2.75) is 6.92 Å². The van der Waals surface area contributed by atoms with E-state index in [0.717, 1.165) is 0 Å². The molecule has 0 amide bonds. The van der Waals surface area contributed by atoms with Crippen molar-refractivity contribution in [1.82, 2.24) is 5.43 Å². The summed E-state index contributed by atoms with van der Waals surface area (Å²) >= 11 is 8.09. The number of hydrogen-bond donors (Lipinski definition) is 2. The second-order valence-corrected chi connectivity index (χ2v) is 6.41. The minimum atomic E-state index is -0.518. The lowest BCUT2D eigenvalue weighted by atomic mass is 10.2. The number of nitrogens with one attached hydrogen (secondary N) is 1. The summed E-state index contributed by atoms with van der Waals surface area (Å²) in [6.07, 6.45) is 1.52. The normalized spacial score (nSPS) is 10.5. The summed E-state index contributed by atoms with van der Waals surface area (Å²) in [5.41, 5.74) is 8.87. The fourth-order valence-electron chi connectivity index (χ4n) is 2.07. The molecule has 2 aromatic rings. The number of esters is 1. The van der Waals surface area contributed by atoms with Crippen molar-refractivity contribution in [3.05, 3.63) is 52.0 Å². The Morgan fingerprint density at radius 3 is 2.63 bits per heavy atom. The minimum Gasteiger partial charge on any atom is -0.497 e. The number of methoxy groups -OCH3 is 1. The van der Waals surface area contributed by atoms with Gasteiger partial charge in [-0.1, -0.05) is 0 Å². The molecule has 2 aromatic carbocycles. The molecule has 142 valence electrons. The van der Waals surface area contributed by atoms with Crippen molar-refractivity contribution >= 4 is 45.4 Å². The number of thiocarbonyl (C=S) groups is 1. The Morgan fingerprint density at radius 1 is 1.33 bits per heavy atom. The summed E-state index contributed by atoms with van der Waals surface area (Å²) in [4.78, 5) is 12.5. The van der Waals surface area contributed by atoms with Crippen LogP contribution in [-0.2, 0) is 0 Å². The van der Waals surface area contributed by atoms with Crippen LogP contribution in [0.2, 0.25) is 0 Å². The number of benzene rings is 2. The number of nitrogens with zero attached hydrogens (tertiary/aromatic N) is 1. The standard InChI is InChI=1S/C18H18BrN3O4S/c1-3-25-15-9-11(10-21-22-18(20)27)8-14(19)16(15)26-17(23)12-4-6-13(24-2)7-5-12/h4-10H,3H2,1-2H3,(H3,20,22,27)/b21-10+. The first kappa shape index (κ1) is 20.7. The number of hydrogen-bond acceptors (Lipinski definition) is 6. The summed E-state index contributed by atoms with van der Waals surface area (Å²) in [5.74, 6) is 0.801. The molecule has 0 aromatic heterocycles. The van der Waals surface area contributed by atoms with E-state index in [1.54, 1.807) is 43.5 Å². The van der Waals surface area contributed by atoms with Crippen molar-refractivity contribution in [1.29, 1.82) is 0 Å². The highest BCUT2D eigenvalue weighted by molar-refractivity contribution is 9.10. The van der Waals surface area contributed by atoms with Gasteiger partial charge in [-0.2, -0.15) is 5.10 Å². The molecule has 0 spiro atoms. The maximum Gasteiger partial charge on any atom is 0.343 e. The first-order chi connectivity index (χ1) is 12.9. The maximum atomic E-state index is 12.5. The van der Waals surface area contributed by atoms with E-state index in [2.05, 4.69) is 38.7 Å². The fraction of sp³-hybridized carbons (Fsp3) is 0.167.